The third kappa shape index (κ3) is 2.16. The molecule has 1 aromatic rings. The number of rotatable bonds is 2. The van der Waals surface area contributed by atoms with Crippen LogP contribution in [0.5, 0.6) is 0 Å². The van der Waals surface area contributed by atoms with Gasteiger partial charge in [0.2, 0.25) is 0 Å². The van der Waals surface area contributed by atoms with Crippen molar-refractivity contribution in [3.63, 3.8) is 0 Å². The van der Waals surface area contributed by atoms with Crippen LogP contribution in [0.4, 0.5) is 5.88 Å². The molecule has 1 aromatic heterocycles. The number of hydrogen-bond acceptors (Lipinski definition) is 6. The van der Waals surface area contributed by atoms with E-state index < -0.39 is 22.8 Å². The molecule has 0 aliphatic carbocycles. The summed E-state index contributed by atoms with van der Waals surface area (Å²) in [6.07, 6.45) is 0. The second-order valence-corrected chi connectivity index (χ2v) is 3.74. The number of nitriles is 1. The van der Waals surface area contributed by atoms with E-state index in [-0.39, 0.29) is 5.76 Å². The fraction of sp³-hybridized carbons (Fsp3) is 0.400. The summed E-state index contributed by atoms with van der Waals surface area (Å²) in [4.78, 5) is 23.1. The van der Waals surface area contributed by atoms with Gasteiger partial charge in [0, 0.05) is 19.6 Å². The lowest BCUT2D eigenvalue weighted by molar-refractivity contribution is -0.402. The van der Waals surface area contributed by atoms with Gasteiger partial charge in [-0.15, -0.1) is 0 Å². The number of nitrogens with zero attached hydrogens (tertiary/aromatic N) is 3. The van der Waals surface area contributed by atoms with Crippen molar-refractivity contribution in [2.75, 3.05) is 19.6 Å². The van der Waals surface area contributed by atoms with Crippen LogP contribution in [-0.4, -0.2) is 41.4 Å². The second-order valence-electron chi connectivity index (χ2n) is 3.74. The Morgan fingerprint density at radius 3 is 3.06 bits per heavy atom. The molecule has 0 saturated carbocycles. The highest BCUT2D eigenvalue weighted by Gasteiger charge is 2.30. The van der Waals surface area contributed by atoms with Gasteiger partial charge in [-0.2, -0.15) is 5.26 Å². The van der Waals surface area contributed by atoms with E-state index in [1.165, 1.54) is 11.0 Å². The summed E-state index contributed by atoms with van der Waals surface area (Å²) >= 11 is 0. The van der Waals surface area contributed by atoms with Gasteiger partial charge in [-0.25, -0.2) is 0 Å². The van der Waals surface area contributed by atoms with Crippen molar-refractivity contribution in [3.8, 4) is 6.07 Å². The summed E-state index contributed by atoms with van der Waals surface area (Å²) in [7, 11) is 0. The van der Waals surface area contributed by atoms with Crippen molar-refractivity contribution >= 4 is 11.8 Å². The fourth-order valence-electron chi connectivity index (χ4n) is 1.75. The van der Waals surface area contributed by atoms with Crippen LogP contribution >= 0.6 is 0 Å². The maximum atomic E-state index is 12.0. The molecule has 1 N–H and O–H groups in total. The van der Waals surface area contributed by atoms with Crippen molar-refractivity contribution in [2.45, 2.75) is 6.04 Å². The number of nitrogens with one attached hydrogen (secondary N) is 1. The van der Waals surface area contributed by atoms with Gasteiger partial charge in [-0.1, -0.05) is 0 Å². The summed E-state index contributed by atoms with van der Waals surface area (Å²) in [5.41, 5.74) is 0. The van der Waals surface area contributed by atoms with Gasteiger partial charge >= 0.3 is 5.88 Å². The normalized spacial score (nSPS) is 19.3. The minimum atomic E-state index is -0.712. The maximum absolute atomic E-state index is 12.0. The van der Waals surface area contributed by atoms with Gasteiger partial charge < -0.3 is 14.6 Å². The molecule has 1 aliphatic rings. The zero-order chi connectivity index (χ0) is 13.1. The lowest BCUT2D eigenvalue weighted by Gasteiger charge is -2.31. The molecule has 2 heterocycles. The van der Waals surface area contributed by atoms with E-state index in [0.717, 1.165) is 6.07 Å². The van der Waals surface area contributed by atoms with E-state index in [1.807, 2.05) is 6.07 Å². The minimum Gasteiger partial charge on any atom is -0.395 e. The predicted octanol–water partition coefficient (Wildman–Crippen LogP) is 0.125. The molecule has 2 rings (SSSR count). The first-order valence-electron chi connectivity index (χ1n) is 5.29. The van der Waals surface area contributed by atoms with Crippen molar-refractivity contribution in [3.05, 3.63) is 28.0 Å². The molecular weight excluding hydrogens is 240 g/mol. The first-order valence-corrected chi connectivity index (χ1v) is 5.29. The monoisotopic (exact) mass is 250 g/mol. The number of furan rings is 1. The number of nitro groups is 1. The highest BCUT2D eigenvalue weighted by atomic mass is 16.6. The Kier molecular flexibility index (Phi) is 3.25. The molecule has 0 spiro atoms. The van der Waals surface area contributed by atoms with Crippen LogP contribution in [0.15, 0.2) is 16.5 Å². The zero-order valence-corrected chi connectivity index (χ0v) is 9.33. The standard InChI is InChI=1S/C10H10N4O4/c11-5-7-6-12-3-4-13(7)10(15)8-1-2-9(18-8)14(16)17/h1-2,7,12H,3-4,6H2. The van der Waals surface area contributed by atoms with Gasteiger partial charge in [0.15, 0.2) is 5.76 Å². The van der Waals surface area contributed by atoms with Crippen LogP contribution < -0.4 is 5.32 Å². The van der Waals surface area contributed by atoms with E-state index in [4.69, 9.17) is 9.68 Å². The van der Waals surface area contributed by atoms with Crippen LogP contribution in [0.2, 0.25) is 0 Å². The van der Waals surface area contributed by atoms with Crippen LogP contribution in [-0.2, 0) is 0 Å². The number of piperazine rings is 1. The summed E-state index contributed by atoms with van der Waals surface area (Å²) in [6, 6.07) is 3.78. The topological polar surface area (TPSA) is 112 Å². The largest absolute Gasteiger partial charge is 0.433 e. The fourth-order valence-corrected chi connectivity index (χ4v) is 1.75. The van der Waals surface area contributed by atoms with Crippen LogP contribution in [0.25, 0.3) is 0 Å². The van der Waals surface area contributed by atoms with E-state index in [0.29, 0.717) is 19.6 Å². The number of carbonyl (C=O) groups excluding carboxylic acids is 1. The first-order chi connectivity index (χ1) is 8.63. The molecule has 1 amide bonds. The molecule has 0 bridgehead atoms. The average molecular weight is 250 g/mol. The molecule has 8 nitrogen and oxygen atoms in total. The molecule has 18 heavy (non-hydrogen) atoms. The van der Waals surface area contributed by atoms with Crippen molar-refractivity contribution in [1.82, 2.24) is 10.2 Å². The smallest absolute Gasteiger partial charge is 0.395 e. The molecule has 8 heteroatoms. The van der Waals surface area contributed by atoms with Crippen LogP contribution in [0.3, 0.4) is 0 Å². The quantitative estimate of drug-likeness (QED) is 0.589. The molecule has 1 unspecified atom stereocenters. The van der Waals surface area contributed by atoms with Crippen molar-refractivity contribution in [1.29, 1.82) is 5.26 Å². The molecular formula is C10H10N4O4. The number of hydrogen-bond donors (Lipinski definition) is 1. The summed E-state index contributed by atoms with van der Waals surface area (Å²) in [5, 5.41) is 22.4. The van der Waals surface area contributed by atoms with E-state index in [9.17, 15) is 14.9 Å². The number of amides is 1. The van der Waals surface area contributed by atoms with Gasteiger partial charge in [-0.3, -0.25) is 14.9 Å². The van der Waals surface area contributed by atoms with Crippen molar-refractivity contribution in [2.24, 2.45) is 0 Å². The van der Waals surface area contributed by atoms with Crippen molar-refractivity contribution < 1.29 is 14.1 Å². The molecule has 1 saturated heterocycles. The Hall–Kier alpha value is -2.40. The predicted molar refractivity (Wildman–Crippen MR) is 58.7 cm³/mol. The second kappa shape index (κ2) is 4.85. The third-order valence-electron chi connectivity index (χ3n) is 2.64. The number of carbonyl (C=O) groups is 1. The van der Waals surface area contributed by atoms with E-state index in [2.05, 4.69) is 5.32 Å². The molecule has 1 atom stereocenters. The van der Waals surface area contributed by atoms with E-state index >= 15 is 0 Å². The van der Waals surface area contributed by atoms with Crippen LogP contribution in [0.1, 0.15) is 10.6 Å². The Morgan fingerprint density at radius 2 is 2.44 bits per heavy atom. The third-order valence-corrected chi connectivity index (χ3v) is 2.64. The Balaban J connectivity index is 2.19. The zero-order valence-electron chi connectivity index (χ0n) is 9.33. The Bertz CT molecular complexity index is 518. The van der Waals surface area contributed by atoms with Gasteiger partial charge in [-0.05, 0) is 6.07 Å². The lowest BCUT2D eigenvalue weighted by atomic mass is 10.2. The SMILES string of the molecule is N#CC1CNCCN1C(=O)c1ccc([N+](=O)[O-])o1. The lowest BCUT2D eigenvalue weighted by Crippen LogP contribution is -2.52. The maximum Gasteiger partial charge on any atom is 0.433 e. The summed E-state index contributed by atoms with van der Waals surface area (Å²) in [6.45, 7) is 1.32. The highest BCUT2D eigenvalue weighted by molar-refractivity contribution is 5.92. The highest BCUT2D eigenvalue weighted by Crippen LogP contribution is 2.18. The Labute approximate surface area is 102 Å². The molecule has 1 fully saturated rings. The summed E-state index contributed by atoms with van der Waals surface area (Å²) < 4.78 is 4.83. The Morgan fingerprint density at radius 1 is 1.67 bits per heavy atom. The van der Waals surface area contributed by atoms with Gasteiger partial charge in [0.1, 0.15) is 11.0 Å². The molecule has 94 valence electrons. The first kappa shape index (κ1) is 12.1. The van der Waals surface area contributed by atoms with Crippen LogP contribution in [0, 0.1) is 21.4 Å². The molecule has 1 aliphatic heterocycles. The van der Waals surface area contributed by atoms with Gasteiger partial charge in [0.05, 0.1) is 12.1 Å². The minimum absolute atomic E-state index is 0.121. The summed E-state index contributed by atoms with van der Waals surface area (Å²) in [5.74, 6) is -1.11. The molecule has 0 aromatic carbocycles. The van der Waals surface area contributed by atoms with Gasteiger partial charge in [0.25, 0.3) is 5.91 Å². The molecule has 0 radical (unpaired) electrons. The average Bonchev–Trinajstić information content (AvgIpc) is 2.87. The van der Waals surface area contributed by atoms with E-state index in [1.54, 1.807) is 0 Å².